The third-order valence-corrected chi connectivity index (χ3v) is 2.04. The molecule has 0 aliphatic rings. The zero-order chi connectivity index (χ0) is 12.1. The highest BCUT2D eigenvalue weighted by Crippen LogP contribution is 2.00. The molecule has 5 heteroatoms. The van der Waals surface area contributed by atoms with Crippen LogP contribution in [0, 0.1) is 6.20 Å². The van der Waals surface area contributed by atoms with Gasteiger partial charge in [-0.3, -0.25) is 14.6 Å². The van der Waals surface area contributed by atoms with Gasteiger partial charge in [0.2, 0.25) is 5.91 Å². The molecule has 16 heavy (non-hydrogen) atoms. The van der Waals surface area contributed by atoms with E-state index in [1.807, 2.05) is 0 Å². The first kappa shape index (κ1) is 12.3. The van der Waals surface area contributed by atoms with Crippen molar-refractivity contribution < 1.29 is 9.59 Å². The second-order valence-electron chi connectivity index (χ2n) is 3.55. The smallest absolute Gasteiger partial charge is 0.237 e. The van der Waals surface area contributed by atoms with Crippen molar-refractivity contribution in [2.75, 3.05) is 0 Å². The molecule has 0 aliphatic carbocycles. The molecule has 0 saturated heterocycles. The Morgan fingerprint density at radius 3 is 2.69 bits per heavy atom. The van der Waals surface area contributed by atoms with Crippen molar-refractivity contribution in [3.05, 3.63) is 30.1 Å². The third-order valence-electron chi connectivity index (χ3n) is 2.04. The van der Waals surface area contributed by atoms with Gasteiger partial charge in [0.05, 0.1) is 12.1 Å². The molecule has 0 saturated carbocycles. The van der Waals surface area contributed by atoms with E-state index in [1.54, 1.807) is 26.0 Å². The highest BCUT2D eigenvalue weighted by Gasteiger charge is 2.19. The number of hydrogen-bond acceptors (Lipinski definition) is 4. The number of hydrogen-bond donors (Lipinski definition) is 2. The number of ketones is 1. The number of carbonyl (C=O) groups is 2. The Bertz CT molecular complexity index is 376. The fourth-order valence-corrected chi connectivity index (χ4v) is 1.11. The van der Waals surface area contributed by atoms with E-state index in [-0.39, 0.29) is 11.7 Å². The summed E-state index contributed by atoms with van der Waals surface area (Å²) < 4.78 is 0. The lowest BCUT2D eigenvalue weighted by Crippen LogP contribution is -2.45. The van der Waals surface area contributed by atoms with E-state index in [1.165, 1.54) is 6.20 Å². The highest BCUT2D eigenvalue weighted by atomic mass is 16.2. The summed E-state index contributed by atoms with van der Waals surface area (Å²) in [5.74, 6) is -0.591. The van der Waals surface area contributed by atoms with E-state index >= 15 is 0 Å². The van der Waals surface area contributed by atoms with Gasteiger partial charge >= 0.3 is 0 Å². The molecule has 0 spiro atoms. The molecule has 2 atom stereocenters. The Labute approximate surface area is 94.1 Å². The number of nitrogens with zero attached hydrogens (tertiary/aromatic N) is 1. The highest BCUT2D eigenvalue weighted by molar-refractivity contribution is 6.01. The van der Waals surface area contributed by atoms with Crippen molar-refractivity contribution in [3.63, 3.8) is 0 Å². The first-order valence-corrected chi connectivity index (χ1v) is 4.95. The van der Waals surface area contributed by atoms with Crippen LogP contribution in [0.5, 0.6) is 0 Å². The molecule has 0 aromatic carbocycles. The van der Waals surface area contributed by atoms with Gasteiger partial charge in [-0.1, -0.05) is 0 Å². The van der Waals surface area contributed by atoms with Gasteiger partial charge < -0.3 is 11.1 Å². The van der Waals surface area contributed by atoms with Crippen LogP contribution in [0.1, 0.15) is 24.2 Å². The molecule has 3 N–H and O–H groups in total. The van der Waals surface area contributed by atoms with Crippen LogP contribution < -0.4 is 11.1 Å². The van der Waals surface area contributed by atoms with Crippen molar-refractivity contribution in [2.24, 2.45) is 5.73 Å². The largest absolute Gasteiger partial charge is 0.345 e. The first-order valence-electron chi connectivity index (χ1n) is 4.95. The number of nitrogens with one attached hydrogen (secondary N) is 1. The predicted molar refractivity (Wildman–Crippen MR) is 58.7 cm³/mol. The normalized spacial score (nSPS) is 13.9. The van der Waals surface area contributed by atoms with E-state index in [9.17, 15) is 9.59 Å². The maximum absolute atomic E-state index is 11.8. The Balaban J connectivity index is 2.65. The number of Topliss-reactive ketones (excluding diaryl/α,β-unsaturated/α-hetero) is 1. The van der Waals surface area contributed by atoms with Crippen LogP contribution in [0.4, 0.5) is 0 Å². The van der Waals surface area contributed by atoms with Crippen LogP contribution in [-0.4, -0.2) is 28.8 Å². The molecule has 0 bridgehead atoms. The van der Waals surface area contributed by atoms with Crippen LogP contribution in [0.2, 0.25) is 0 Å². The zero-order valence-corrected chi connectivity index (χ0v) is 9.23. The third kappa shape index (κ3) is 3.13. The molecule has 1 aromatic heterocycles. The first-order chi connectivity index (χ1) is 7.52. The van der Waals surface area contributed by atoms with E-state index in [2.05, 4.69) is 16.5 Å². The van der Waals surface area contributed by atoms with Crippen LogP contribution in [0.3, 0.4) is 0 Å². The Kier molecular flexibility index (Phi) is 4.13. The van der Waals surface area contributed by atoms with Gasteiger partial charge in [-0.05, 0) is 26.0 Å². The van der Waals surface area contributed by atoms with E-state index in [4.69, 9.17) is 5.73 Å². The number of aromatic nitrogens is 1. The fraction of sp³-hybridized carbons (Fsp3) is 0.364. The Morgan fingerprint density at radius 1 is 1.50 bits per heavy atom. The molecule has 0 aliphatic heterocycles. The molecular formula is C11H14N3O2. The monoisotopic (exact) mass is 220 g/mol. The van der Waals surface area contributed by atoms with E-state index in [0.29, 0.717) is 5.56 Å². The average Bonchev–Trinajstić information content (AvgIpc) is 2.28. The minimum atomic E-state index is -0.631. The SMILES string of the molecule is C[C@H](N)C(=O)N[C@@H](C)C(=O)c1[c]nccc1. The lowest BCUT2D eigenvalue weighted by atomic mass is 10.1. The number of rotatable bonds is 4. The summed E-state index contributed by atoms with van der Waals surface area (Å²) in [6.07, 6.45) is 4.10. The Morgan fingerprint density at radius 2 is 2.19 bits per heavy atom. The molecular weight excluding hydrogens is 206 g/mol. The summed E-state index contributed by atoms with van der Waals surface area (Å²) in [6, 6.07) is 1.99. The van der Waals surface area contributed by atoms with Crippen molar-refractivity contribution in [1.29, 1.82) is 0 Å². The van der Waals surface area contributed by atoms with Crippen molar-refractivity contribution in [3.8, 4) is 0 Å². The second-order valence-corrected chi connectivity index (χ2v) is 3.55. The lowest BCUT2D eigenvalue weighted by molar-refractivity contribution is -0.122. The molecule has 1 heterocycles. The Hall–Kier alpha value is -1.75. The number of nitrogens with two attached hydrogens (primary N) is 1. The van der Waals surface area contributed by atoms with Crippen LogP contribution >= 0.6 is 0 Å². The van der Waals surface area contributed by atoms with Gasteiger partial charge in [-0.25, -0.2) is 0 Å². The van der Waals surface area contributed by atoms with Crippen molar-refractivity contribution >= 4 is 11.7 Å². The van der Waals surface area contributed by atoms with E-state index < -0.39 is 12.1 Å². The minimum absolute atomic E-state index is 0.234. The molecule has 1 radical (unpaired) electrons. The van der Waals surface area contributed by atoms with Crippen LogP contribution in [0.15, 0.2) is 18.3 Å². The molecule has 0 fully saturated rings. The van der Waals surface area contributed by atoms with Gasteiger partial charge in [0, 0.05) is 11.8 Å². The molecule has 1 aromatic rings. The summed E-state index contributed by atoms with van der Waals surface area (Å²) in [6.45, 7) is 3.16. The zero-order valence-electron chi connectivity index (χ0n) is 9.23. The molecule has 1 rings (SSSR count). The maximum Gasteiger partial charge on any atom is 0.237 e. The summed E-state index contributed by atoms with van der Waals surface area (Å²) in [5, 5.41) is 2.52. The maximum atomic E-state index is 11.8. The fourth-order valence-electron chi connectivity index (χ4n) is 1.11. The quantitative estimate of drug-likeness (QED) is 0.695. The van der Waals surface area contributed by atoms with Gasteiger partial charge in [0.1, 0.15) is 6.20 Å². The summed E-state index contributed by atoms with van der Waals surface area (Å²) >= 11 is 0. The van der Waals surface area contributed by atoms with Gasteiger partial charge in [-0.2, -0.15) is 0 Å². The minimum Gasteiger partial charge on any atom is -0.345 e. The van der Waals surface area contributed by atoms with Crippen molar-refractivity contribution in [2.45, 2.75) is 25.9 Å². The number of carbonyl (C=O) groups excluding carboxylic acids is 2. The summed E-state index contributed by atoms with van der Waals surface area (Å²) in [4.78, 5) is 26.8. The van der Waals surface area contributed by atoms with E-state index in [0.717, 1.165) is 0 Å². The standard InChI is InChI=1S/C11H14N3O2/c1-7(12)11(16)14-8(2)10(15)9-4-3-5-13-6-9/h3-5,7-8H,12H2,1-2H3,(H,14,16)/t7-,8-/m0/s1. The predicted octanol–water partition coefficient (Wildman–Crippen LogP) is -0.0836. The van der Waals surface area contributed by atoms with Crippen LogP contribution in [-0.2, 0) is 4.79 Å². The molecule has 0 unspecified atom stereocenters. The van der Waals surface area contributed by atoms with Crippen LogP contribution in [0.25, 0.3) is 0 Å². The molecule has 5 nitrogen and oxygen atoms in total. The topological polar surface area (TPSA) is 85.1 Å². The van der Waals surface area contributed by atoms with Crippen molar-refractivity contribution in [1.82, 2.24) is 10.3 Å². The van der Waals surface area contributed by atoms with Gasteiger partial charge in [0.25, 0.3) is 0 Å². The number of amides is 1. The molecule has 1 amide bonds. The van der Waals surface area contributed by atoms with Gasteiger partial charge in [-0.15, -0.1) is 0 Å². The average molecular weight is 220 g/mol. The lowest BCUT2D eigenvalue weighted by Gasteiger charge is -2.14. The summed E-state index contributed by atoms with van der Waals surface area (Å²) in [5.41, 5.74) is 5.73. The summed E-state index contributed by atoms with van der Waals surface area (Å²) in [7, 11) is 0. The number of pyridine rings is 1. The second kappa shape index (κ2) is 5.37. The van der Waals surface area contributed by atoms with Gasteiger partial charge in [0.15, 0.2) is 5.78 Å². The molecule has 85 valence electrons.